The topological polar surface area (TPSA) is 74.0 Å². The first-order valence-electron chi connectivity index (χ1n) is 6.54. The largest absolute Gasteiger partial charge is 0.385 e. The van der Waals surface area contributed by atoms with Crippen molar-refractivity contribution in [2.45, 2.75) is 19.4 Å². The molecule has 1 aliphatic heterocycles. The van der Waals surface area contributed by atoms with E-state index >= 15 is 0 Å². The minimum absolute atomic E-state index is 0.0994. The van der Waals surface area contributed by atoms with Gasteiger partial charge in [-0.05, 0) is 30.5 Å². The third-order valence-electron chi connectivity index (χ3n) is 3.35. The van der Waals surface area contributed by atoms with Crippen molar-refractivity contribution in [3.63, 3.8) is 0 Å². The lowest BCUT2D eigenvalue weighted by Crippen LogP contribution is -2.26. The summed E-state index contributed by atoms with van der Waals surface area (Å²) in [7, 11) is 0. The third-order valence-corrected chi connectivity index (χ3v) is 4.07. The van der Waals surface area contributed by atoms with E-state index in [1.165, 1.54) is 0 Å². The number of thiazole rings is 1. The zero-order valence-electron chi connectivity index (χ0n) is 10.9. The number of anilines is 1. The van der Waals surface area contributed by atoms with Crippen LogP contribution in [0.3, 0.4) is 0 Å². The van der Waals surface area contributed by atoms with Gasteiger partial charge in [-0.25, -0.2) is 0 Å². The molecule has 1 aliphatic rings. The van der Waals surface area contributed by atoms with Gasteiger partial charge < -0.3 is 15.6 Å². The number of hydrogen-bond donors (Lipinski definition) is 3. The summed E-state index contributed by atoms with van der Waals surface area (Å²) in [5, 5.41) is 7.88. The molecule has 0 aliphatic carbocycles. The number of aromatic nitrogens is 1. The maximum absolute atomic E-state index is 12.3. The number of rotatable bonds is 3. The number of fused-ring (bicyclic) bond motifs is 1. The molecule has 104 valence electrons. The van der Waals surface area contributed by atoms with Crippen molar-refractivity contribution in [1.29, 1.82) is 0 Å². The molecule has 5 nitrogen and oxygen atoms in total. The van der Waals surface area contributed by atoms with Gasteiger partial charge in [0.1, 0.15) is 0 Å². The zero-order valence-corrected chi connectivity index (χ0v) is 11.7. The molecule has 0 saturated heterocycles. The van der Waals surface area contributed by atoms with E-state index in [0.717, 1.165) is 47.7 Å². The lowest BCUT2D eigenvalue weighted by molar-refractivity contribution is 0.0949. The third kappa shape index (κ3) is 2.60. The highest BCUT2D eigenvalue weighted by molar-refractivity contribution is 7.07. The first-order valence-corrected chi connectivity index (χ1v) is 7.42. The van der Waals surface area contributed by atoms with Gasteiger partial charge in [-0.2, -0.15) is 0 Å². The molecule has 0 atom stereocenters. The van der Waals surface area contributed by atoms with Crippen molar-refractivity contribution < 1.29 is 4.79 Å². The van der Waals surface area contributed by atoms with Crippen LogP contribution < -0.4 is 15.5 Å². The summed E-state index contributed by atoms with van der Waals surface area (Å²) in [6, 6.07) is 5.73. The predicted octanol–water partition coefficient (Wildman–Crippen LogP) is 1.72. The Kier molecular flexibility index (Phi) is 3.56. The van der Waals surface area contributed by atoms with E-state index in [2.05, 4.69) is 15.6 Å². The Morgan fingerprint density at radius 1 is 1.40 bits per heavy atom. The van der Waals surface area contributed by atoms with Gasteiger partial charge in [0.2, 0.25) is 0 Å². The summed E-state index contributed by atoms with van der Waals surface area (Å²) in [4.78, 5) is 25.9. The number of hydrogen-bond acceptors (Lipinski definition) is 4. The molecule has 3 N–H and O–H groups in total. The van der Waals surface area contributed by atoms with E-state index < -0.39 is 0 Å². The van der Waals surface area contributed by atoms with Crippen LogP contribution in [0.4, 0.5) is 5.69 Å². The molecule has 3 rings (SSSR count). The molecule has 20 heavy (non-hydrogen) atoms. The van der Waals surface area contributed by atoms with Crippen LogP contribution in [0.1, 0.15) is 28.0 Å². The maximum atomic E-state index is 12.3. The van der Waals surface area contributed by atoms with Crippen LogP contribution in [0.25, 0.3) is 0 Å². The molecular weight excluding hydrogens is 274 g/mol. The van der Waals surface area contributed by atoms with Crippen LogP contribution in [-0.2, 0) is 13.0 Å². The molecule has 1 amide bonds. The lowest BCUT2D eigenvalue weighted by Gasteiger charge is -2.20. The monoisotopic (exact) mass is 289 g/mol. The van der Waals surface area contributed by atoms with Gasteiger partial charge in [0, 0.05) is 28.9 Å². The van der Waals surface area contributed by atoms with Crippen LogP contribution in [-0.4, -0.2) is 17.4 Å². The first kappa shape index (κ1) is 12.9. The van der Waals surface area contributed by atoms with E-state index in [9.17, 15) is 9.59 Å². The van der Waals surface area contributed by atoms with Crippen molar-refractivity contribution in [2.75, 3.05) is 11.9 Å². The Hall–Kier alpha value is -2.08. The van der Waals surface area contributed by atoms with Crippen LogP contribution in [0.5, 0.6) is 0 Å². The summed E-state index contributed by atoms with van der Waals surface area (Å²) in [5.74, 6) is -0.0994. The highest BCUT2D eigenvalue weighted by Gasteiger charge is 2.17. The van der Waals surface area contributed by atoms with Crippen molar-refractivity contribution in [3.8, 4) is 0 Å². The zero-order chi connectivity index (χ0) is 13.9. The van der Waals surface area contributed by atoms with Gasteiger partial charge in [-0.3, -0.25) is 9.59 Å². The summed E-state index contributed by atoms with van der Waals surface area (Å²) in [6.07, 6.45) is 1.95. The van der Waals surface area contributed by atoms with Gasteiger partial charge in [-0.15, -0.1) is 0 Å². The summed E-state index contributed by atoms with van der Waals surface area (Å²) in [6.45, 7) is 1.29. The number of H-pyrrole nitrogens is 1. The fourth-order valence-electron chi connectivity index (χ4n) is 2.39. The minimum atomic E-state index is -0.101. The van der Waals surface area contributed by atoms with Crippen LogP contribution in [0, 0.1) is 0 Å². The number of carbonyl (C=O) groups excluding carboxylic acids is 1. The maximum Gasteiger partial charge on any atom is 0.304 e. The van der Waals surface area contributed by atoms with Crippen molar-refractivity contribution in [1.82, 2.24) is 10.3 Å². The van der Waals surface area contributed by atoms with Crippen LogP contribution >= 0.6 is 11.3 Å². The second kappa shape index (κ2) is 5.50. The van der Waals surface area contributed by atoms with E-state index in [-0.39, 0.29) is 10.8 Å². The van der Waals surface area contributed by atoms with Gasteiger partial charge >= 0.3 is 4.87 Å². The van der Waals surface area contributed by atoms with Gasteiger partial charge in [-0.1, -0.05) is 17.4 Å². The quantitative estimate of drug-likeness (QED) is 0.805. The molecule has 1 aromatic carbocycles. The molecule has 1 aromatic heterocycles. The summed E-state index contributed by atoms with van der Waals surface area (Å²) < 4.78 is 0. The Balaban J connectivity index is 1.75. The smallest absolute Gasteiger partial charge is 0.304 e. The molecule has 0 bridgehead atoms. The van der Waals surface area contributed by atoms with E-state index in [0.29, 0.717) is 12.1 Å². The second-order valence-electron chi connectivity index (χ2n) is 4.72. The Labute approximate surface area is 120 Å². The van der Waals surface area contributed by atoms with Crippen molar-refractivity contribution in [3.05, 3.63) is 50.1 Å². The predicted molar refractivity (Wildman–Crippen MR) is 79.4 cm³/mol. The fraction of sp³-hybridized carbons (Fsp3) is 0.286. The van der Waals surface area contributed by atoms with Crippen LogP contribution in [0.15, 0.2) is 28.4 Å². The molecule has 2 aromatic rings. The minimum Gasteiger partial charge on any atom is -0.385 e. The Bertz CT molecular complexity index is 690. The second-order valence-corrected chi connectivity index (χ2v) is 5.56. The van der Waals surface area contributed by atoms with Gasteiger partial charge in [0.05, 0.1) is 6.54 Å². The standard InChI is InChI=1S/C14H15N3O2S/c18-13(16-7-9-8-20-14(19)17-9)11-3-1-5-12-10(11)4-2-6-15-12/h1,3,5,8,15H,2,4,6-7H2,(H,16,18)(H,17,19). The SMILES string of the molecule is O=C(NCc1csc(=O)[nH]1)c1cccc2c1CCCN2. The van der Waals surface area contributed by atoms with Gasteiger partial charge in [0.15, 0.2) is 0 Å². The van der Waals surface area contributed by atoms with Crippen molar-refractivity contribution >= 4 is 22.9 Å². The molecule has 6 heteroatoms. The highest BCUT2D eigenvalue weighted by Crippen LogP contribution is 2.25. The average molecular weight is 289 g/mol. The molecule has 0 radical (unpaired) electrons. The molecule has 0 unspecified atom stereocenters. The molecule has 2 heterocycles. The normalized spacial score (nSPS) is 13.4. The van der Waals surface area contributed by atoms with E-state index in [4.69, 9.17) is 0 Å². The van der Waals surface area contributed by atoms with Gasteiger partial charge in [0.25, 0.3) is 5.91 Å². The van der Waals surface area contributed by atoms with E-state index in [1.807, 2.05) is 18.2 Å². The number of amides is 1. The Morgan fingerprint density at radius 2 is 2.30 bits per heavy atom. The first-order chi connectivity index (χ1) is 9.74. The Morgan fingerprint density at radius 3 is 3.10 bits per heavy atom. The average Bonchev–Trinajstić information content (AvgIpc) is 2.90. The van der Waals surface area contributed by atoms with Crippen LogP contribution in [0.2, 0.25) is 0 Å². The highest BCUT2D eigenvalue weighted by atomic mass is 32.1. The number of aromatic amines is 1. The summed E-state index contributed by atoms with van der Waals surface area (Å²) in [5.41, 5.74) is 3.58. The summed E-state index contributed by atoms with van der Waals surface area (Å²) >= 11 is 1.10. The van der Waals surface area contributed by atoms with E-state index in [1.54, 1.807) is 5.38 Å². The number of benzene rings is 1. The fourth-order valence-corrected chi connectivity index (χ4v) is 2.98. The number of nitrogens with one attached hydrogen (secondary N) is 3. The number of carbonyl (C=O) groups is 1. The van der Waals surface area contributed by atoms with Crippen molar-refractivity contribution in [2.24, 2.45) is 0 Å². The molecule has 0 fully saturated rings. The lowest BCUT2D eigenvalue weighted by atomic mass is 9.97. The molecular formula is C14H15N3O2S. The molecule has 0 saturated carbocycles. The molecule has 0 spiro atoms.